The van der Waals surface area contributed by atoms with E-state index in [9.17, 15) is 4.79 Å². The van der Waals surface area contributed by atoms with Gasteiger partial charge in [-0.3, -0.25) is 4.79 Å². The Kier molecular flexibility index (Phi) is 4.16. The molecule has 0 N–H and O–H groups in total. The molecule has 0 spiro atoms. The Bertz CT molecular complexity index is 417. The minimum atomic E-state index is 0.151. The van der Waals surface area contributed by atoms with Gasteiger partial charge in [-0.25, -0.2) is 0 Å². The highest BCUT2D eigenvalue weighted by Crippen LogP contribution is 2.44. The first-order chi connectivity index (χ1) is 7.92. The highest BCUT2D eigenvalue weighted by molar-refractivity contribution is 9.13. The van der Waals surface area contributed by atoms with Crippen molar-refractivity contribution >= 4 is 49.0 Å². The summed E-state index contributed by atoms with van der Waals surface area (Å²) in [5.41, 5.74) is 0.151. The van der Waals surface area contributed by atoms with Gasteiger partial charge in [0.15, 0.2) is 5.78 Å². The van der Waals surface area contributed by atoms with E-state index in [-0.39, 0.29) is 11.3 Å². The first kappa shape index (κ1) is 13.8. The lowest BCUT2D eigenvalue weighted by Gasteiger charge is -2.37. The fourth-order valence-electron chi connectivity index (χ4n) is 2.62. The molecule has 0 bridgehead atoms. The maximum atomic E-state index is 12.5. The van der Waals surface area contributed by atoms with E-state index in [1.807, 2.05) is 6.07 Å². The van der Waals surface area contributed by atoms with Crippen LogP contribution in [0.4, 0.5) is 0 Å². The number of thiophene rings is 1. The van der Waals surface area contributed by atoms with Crippen LogP contribution in [0.25, 0.3) is 0 Å². The second-order valence-electron chi connectivity index (χ2n) is 5.38. The number of carbonyl (C=O) groups excluding carboxylic acids is 1. The molecule has 1 aromatic rings. The van der Waals surface area contributed by atoms with Gasteiger partial charge in [0.05, 0.1) is 8.66 Å². The van der Waals surface area contributed by atoms with Crippen molar-refractivity contribution in [2.24, 2.45) is 11.3 Å². The Hall–Kier alpha value is 0.330. The van der Waals surface area contributed by atoms with Crippen molar-refractivity contribution in [2.75, 3.05) is 0 Å². The molecule has 0 radical (unpaired) electrons. The van der Waals surface area contributed by atoms with E-state index >= 15 is 0 Å². The summed E-state index contributed by atoms with van der Waals surface area (Å²) in [5, 5.41) is 0. The molecule has 1 unspecified atom stereocenters. The fourth-order valence-corrected chi connectivity index (χ4v) is 4.65. The molecule has 2 rings (SSSR count). The molecule has 1 atom stereocenters. The predicted molar refractivity (Wildman–Crippen MR) is 79.8 cm³/mol. The first-order valence-corrected chi connectivity index (χ1v) is 8.31. The molecular formula is C13H16Br2OS. The number of carbonyl (C=O) groups is 1. The van der Waals surface area contributed by atoms with Gasteiger partial charge in [0.1, 0.15) is 0 Å². The van der Waals surface area contributed by atoms with Crippen LogP contribution < -0.4 is 0 Å². The van der Waals surface area contributed by atoms with Gasteiger partial charge in [0, 0.05) is 10.4 Å². The fraction of sp³-hybridized carbons (Fsp3) is 0.615. The van der Waals surface area contributed by atoms with Gasteiger partial charge in [-0.05, 0) is 56.2 Å². The zero-order valence-corrected chi connectivity index (χ0v) is 14.0. The molecular weight excluding hydrogens is 364 g/mol. The molecule has 1 nitrogen and oxygen atoms in total. The lowest BCUT2D eigenvalue weighted by molar-refractivity contribution is 0.0702. The van der Waals surface area contributed by atoms with Gasteiger partial charge in [-0.15, -0.1) is 11.3 Å². The van der Waals surface area contributed by atoms with Gasteiger partial charge < -0.3 is 0 Å². The van der Waals surface area contributed by atoms with Crippen molar-refractivity contribution in [3.63, 3.8) is 0 Å². The molecule has 0 aromatic carbocycles. The van der Waals surface area contributed by atoms with Crippen molar-refractivity contribution < 1.29 is 4.79 Å². The number of rotatable bonds is 2. The Morgan fingerprint density at radius 2 is 2.12 bits per heavy atom. The number of hydrogen-bond acceptors (Lipinski definition) is 2. The van der Waals surface area contributed by atoms with Crippen molar-refractivity contribution in [1.82, 2.24) is 0 Å². The molecule has 4 heteroatoms. The van der Waals surface area contributed by atoms with Crippen LogP contribution >= 0.6 is 43.2 Å². The van der Waals surface area contributed by atoms with Crippen molar-refractivity contribution in [1.29, 1.82) is 0 Å². The third-order valence-corrected chi connectivity index (χ3v) is 6.98. The Labute approximate surface area is 123 Å². The summed E-state index contributed by atoms with van der Waals surface area (Å²) in [4.78, 5) is 13.4. The van der Waals surface area contributed by atoms with Gasteiger partial charge in [0.25, 0.3) is 0 Å². The van der Waals surface area contributed by atoms with Gasteiger partial charge in [0.2, 0.25) is 0 Å². The molecule has 1 aliphatic rings. The average Bonchev–Trinajstić information content (AvgIpc) is 2.58. The highest BCUT2D eigenvalue weighted by atomic mass is 79.9. The molecule has 1 heterocycles. The van der Waals surface area contributed by atoms with Crippen LogP contribution in [0, 0.1) is 11.3 Å². The molecule has 0 saturated heterocycles. The number of hydrogen-bond donors (Lipinski definition) is 0. The largest absolute Gasteiger partial charge is 0.293 e. The summed E-state index contributed by atoms with van der Waals surface area (Å²) in [6, 6.07) is 1.95. The minimum absolute atomic E-state index is 0.151. The van der Waals surface area contributed by atoms with E-state index in [1.54, 1.807) is 0 Å². The van der Waals surface area contributed by atoms with Crippen molar-refractivity contribution in [3.05, 3.63) is 19.2 Å². The van der Waals surface area contributed by atoms with E-state index in [4.69, 9.17) is 0 Å². The number of halogens is 2. The minimum Gasteiger partial charge on any atom is -0.293 e. The molecule has 17 heavy (non-hydrogen) atoms. The van der Waals surface area contributed by atoms with E-state index in [2.05, 4.69) is 45.7 Å². The maximum Gasteiger partial charge on any atom is 0.176 e. The maximum absolute atomic E-state index is 12.5. The van der Waals surface area contributed by atoms with E-state index in [1.165, 1.54) is 24.2 Å². The van der Waals surface area contributed by atoms with Crippen LogP contribution in [0.2, 0.25) is 0 Å². The van der Waals surface area contributed by atoms with E-state index in [0.29, 0.717) is 5.78 Å². The smallest absolute Gasteiger partial charge is 0.176 e. The molecule has 0 amide bonds. The Morgan fingerprint density at radius 3 is 2.65 bits per heavy atom. The molecule has 1 fully saturated rings. The molecule has 1 aliphatic carbocycles. The monoisotopic (exact) mass is 378 g/mol. The van der Waals surface area contributed by atoms with Crippen LogP contribution in [0.1, 0.15) is 49.2 Å². The van der Waals surface area contributed by atoms with Gasteiger partial charge in [-0.2, -0.15) is 0 Å². The average molecular weight is 380 g/mol. The molecule has 1 saturated carbocycles. The van der Waals surface area contributed by atoms with E-state index < -0.39 is 0 Å². The first-order valence-electron chi connectivity index (χ1n) is 5.91. The Morgan fingerprint density at radius 1 is 1.41 bits per heavy atom. The van der Waals surface area contributed by atoms with E-state index in [0.717, 1.165) is 26.0 Å². The third-order valence-electron chi connectivity index (χ3n) is 3.71. The van der Waals surface area contributed by atoms with Crippen molar-refractivity contribution in [3.8, 4) is 0 Å². The SMILES string of the molecule is CC1(C)CCCCC1C(=O)c1cc(Br)c(Br)s1. The lowest BCUT2D eigenvalue weighted by Crippen LogP contribution is -2.33. The molecule has 94 valence electrons. The zero-order chi connectivity index (χ0) is 12.6. The van der Waals surface area contributed by atoms with Crippen LogP contribution in [-0.4, -0.2) is 5.78 Å². The zero-order valence-electron chi connectivity index (χ0n) is 10.1. The number of Topliss-reactive ketones (excluding diaryl/α,β-unsaturated/α-hetero) is 1. The lowest BCUT2D eigenvalue weighted by atomic mass is 9.67. The summed E-state index contributed by atoms with van der Waals surface area (Å²) in [5.74, 6) is 0.514. The van der Waals surface area contributed by atoms with Crippen LogP contribution in [-0.2, 0) is 0 Å². The predicted octanol–water partition coefficient (Wildman–Crippen LogP) is 5.67. The van der Waals surface area contributed by atoms with Crippen molar-refractivity contribution in [2.45, 2.75) is 39.5 Å². The van der Waals surface area contributed by atoms with Crippen LogP contribution in [0.3, 0.4) is 0 Å². The highest BCUT2D eigenvalue weighted by Gasteiger charge is 2.38. The Balaban J connectivity index is 2.24. The quantitative estimate of drug-likeness (QED) is 0.604. The molecule has 0 aliphatic heterocycles. The third kappa shape index (κ3) is 2.85. The van der Waals surface area contributed by atoms with Crippen LogP contribution in [0.15, 0.2) is 14.3 Å². The second-order valence-corrected chi connectivity index (χ2v) is 8.61. The summed E-state index contributed by atoms with van der Waals surface area (Å²) in [7, 11) is 0. The summed E-state index contributed by atoms with van der Waals surface area (Å²) >= 11 is 8.44. The summed E-state index contributed by atoms with van der Waals surface area (Å²) in [6.45, 7) is 4.46. The summed E-state index contributed by atoms with van der Waals surface area (Å²) < 4.78 is 1.99. The molecule has 1 aromatic heterocycles. The normalized spacial score (nSPS) is 23.6. The van der Waals surface area contributed by atoms with Crippen LogP contribution in [0.5, 0.6) is 0 Å². The van der Waals surface area contributed by atoms with Gasteiger partial charge in [-0.1, -0.05) is 26.7 Å². The topological polar surface area (TPSA) is 17.1 Å². The standard InChI is InChI=1S/C13H16Br2OS/c1-13(2)6-4-3-5-8(13)11(16)10-7-9(14)12(15)17-10/h7-8H,3-6H2,1-2H3. The van der Waals surface area contributed by atoms with Gasteiger partial charge >= 0.3 is 0 Å². The summed E-state index contributed by atoms with van der Waals surface area (Å²) in [6.07, 6.45) is 4.65. The number of ketones is 1. The second kappa shape index (κ2) is 5.14.